The second kappa shape index (κ2) is 6.31. The highest BCUT2D eigenvalue weighted by atomic mass is 32.2. The van der Waals surface area contributed by atoms with Gasteiger partial charge in [-0.3, -0.25) is 9.89 Å². The average Bonchev–Trinajstić information content (AvgIpc) is 3.07. The summed E-state index contributed by atoms with van der Waals surface area (Å²) in [6.45, 7) is 8.17. The van der Waals surface area contributed by atoms with E-state index < -0.39 is 0 Å². The molecule has 0 bridgehead atoms. The number of hydrogen-bond acceptors (Lipinski definition) is 7. The van der Waals surface area contributed by atoms with Gasteiger partial charge in [0.25, 0.3) is 11.5 Å². The summed E-state index contributed by atoms with van der Waals surface area (Å²) in [4.78, 5) is 23.4. The minimum Gasteiger partial charge on any atom is -0.486 e. The molecule has 2 aromatic heterocycles. The van der Waals surface area contributed by atoms with Gasteiger partial charge in [-0.15, -0.1) is 0 Å². The van der Waals surface area contributed by atoms with Gasteiger partial charge < -0.3 is 14.4 Å². The van der Waals surface area contributed by atoms with Gasteiger partial charge in [0.1, 0.15) is 12.3 Å². The monoisotopic (exact) mass is 377 g/mol. The van der Waals surface area contributed by atoms with E-state index in [1.54, 1.807) is 22.6 Å². The molecule has 0 radical (unpaired) electrons. The molecule has 0 aromatic carbocycles. The van der Waals surface area contributed by atoms with Gasteiger partial charge in [0.05, 0.1) is 30.0 Å². The van der Waals surface area contributed by atoms with E-state index in [9.17, 15) is 4.79 Å². The largest absolute Gasteiger partial charge is 0.486 e. The molecule has 8 nitrogen and oxygen atoms in total. The van der Waals surface area contributed by atoms with E-state index in [-0.39, 0.29) is 22.4 Å². The number of thioether (sulfide) groups is 1. The number of nitrogens with one attached hydrogen (secondary N) is 1. The Kier molecular flexibility index (Phi) is 4.23. The quantitative estimate of drug-likeness (QED) is 0.868. The van der Waals surface area contributed by atoms with Crippen LogP contribution in [0.15, 0.2) is 17.1 Å². The van der Waals surface area contributed by atoms with Crippen molar-refractivity contribution in [3.05, 3.63) is 28.3 Å². The van der Waals surface area contributed by atoms with Crippen LogP contribution in [0.3, 0.4) is 0 Å². The van der Waals surface area contributed by atoms with Gasteiger partial charge in [0.15, 0.2) is 11.6 Å². The molecular weight excluding hydrogens is 354 g/mol. The molecule has 0 saturated carbocycles. The second-order valence-electron chi connectivity index (χ2n) is 7.16. The van der Waals surface area contributed by atoms with Crippen LogP contribution in [0.2, 0.25) is 0 Å². The number of rotatable bonds is 3. The lowest BCUT2D eigenvalue weighted by atomic mass is 10.0. The molecule has 0 aliphatic carbocycles. The highest BCUT2D eigenvalue weighted by Gasteiger charge is 2.40. The maximum Gasteiger partial charge on any atom is 0.264 e. The van der Waals surface area contributed by atoms with Crippen LogP contribution in [0.25, 0.3) is 5.95 Å². The van der Waals surface area contributed by atoms with Crippen molar-refractivity contribution in [3.8, 4) is 11.7 Å². The van der Waals surface area contributed by atoms with Gasteiger partial charge >= 0.3 is 0 Å². The number of H-pyrrole nitrogens is 1. The molecular formula is C17H23N5O3S. The van der Waals surface area contributed by atoms with Crippen molar-refractivity contribution >= 4 is 17.6 Å². The third-order valence-corrected chi connectivity index (χ3v) is 6.15. The van der Waals surface area contributed by atoms with Gasteiger partial charge in [0, 0.05) is 12.3 Å². The molecule has 26 heavy (non-hydrogen) atoms. The first-order chi connectivity index (χ1) is 12.4. The summed E-state index contributed by atoms with van der Waals surface area (Å²) in [5.41, 5.74) is 0.641. The zero-order valence-corrected chi connectivity index (χ0v) is 16.2. The number of morpholine rings is 1. The van der Waals surface area contributed by atoms with Gasteiger partial charge in [0.2, 0.25) is 0 Å². The Balaban J connectivity index is 1.93. The SMILES string of the molecule is CSC(C)(C)c1nc(-n2ccc(=O)[nH]2)nc2c1OC[C@@H]1COC[C@@H](C)N21. The maximum atomic E-state index is 11.6. The number of anilines is 1. The van der Waals surface area contributed by atoms with E-state index >= 15 is 0 Å². The van der Waals surface area contributed by atoms with Crippen LogP contribution < -0.4 is 15.2 Å². The first-order valence-corrected chi connectivity index (χ1v) is 9.88. The molecule has 1 N–H and O–H groups in total. The Bertz CT molecular complexity index is 878. The van der Waals surface area contributed by atoms with Crippen LogP contribution >= 0.6 is 11.8 Å². The van der Waals surface area contributed by atoms with E-state index in [0.717, 1.165) is 17.3 Å². The zero-order valence-electron chi connectivity index (χ0n) is 15.4. The van der Waals surface area contributed by atoms with Gasteiger partial charge in [-0.1, -0.05) is 0 Å². The predicted molar refractivity (Wildman–Crippen MR) is 101 cm³/mol. The van der Waals surface area contributed by atoms with E-state index in [1.165, 1.54) is 6.07 Å². The summed E-state index contributed by atoms with van der Waals surface area (Å²) in [5.74, 6) is 1.94. The van der Waals surface area contributed by atoms with E-state index in [1.807, 2.05) is 0 Å². The Morgan fingerprint density at radius 3 is 2.81 bits per heavy atom. The number of hydrogen-bond donors (Lipinski definition) is 1. The molecule has 0 amide bonds. The molecule has 9 heteroatoms. The molecule has 0 spiro atoms. The van der Waals surface area contributed by atoms with Crippen LogP contribution in [-0.2, 0) is 9.48 Å². The number of aromatic amines is 1. The van der Waals surface area contributed by atoms with Crippen molar-refractivity contribution in [1.29, 1.82) is 0 Å². The van der Waals surface area contributed by atoms with Crippen LogP contribution in [0.4, 0.5) is 5.82 Å². The lowest BCUT2D eigenvalue weighted by Gasteiger charge is -2.45. The van der Waals surface area contributed by atoms with E-state index in [0.29, 0.717) is 25.8 Å². The lowest BCUT2D eigenvalue weighted by Crippen LogP contribution is -2.56. The third-order valence-electron chi connectivity index (χ3n) is 4.94. The van der Waals surface area contributed by atoms with Gasteiger partial charge in [-0.25, -0.2) is 9.67 Å². The van der Waals surface area contributed by atoms with E-state index in [4.69, 9.17) is 19.4 Å². The van der Waals surface area contributed by atoms with Gasteiger partial charge in [-0.2, -0.15) is 16.7 Å². The molecule has 1 saturated heterocycles. The average molecular weight is 377 g/mol. The molecule has 2 aliphatic rings. The minimum atomic E-state index is -0.266. The Morgan fingerprint density at radius 2 is 2.12 bits per heavy atom. The smallest absolute Gasteiger partial charge is 0.264 e. The van der Waals surface area contributed by atoms with Crippen molar-refractivity contribution in [3.63, 3.8) is 0 Å². The predicted octanol–water partition coefficient (Wildman–Crippen LogP) is 1.54. The summed E-state index contributed by atoms with van der Waals surface area (Å²) in [6.07, 6.45) is 3.69. The van der Waals surface area contributed by atoms with Crippen LogP contribution in [0, 0.1) is 0 Å². The number of ether oxygens (including phenoxy) is 2. The Morgan fingerprint density at radius 1 is 1.31 bits per heavy atom. The zero-order chi connectivity index (χ0) is 18.5. The summed E-state index contributed by atoms with van der Waals surface area (Å²) >= 11 is 1.70. The highest BCUT2D eigenvalue weighted by Crippen LogP contribution is 2.45. The fourth-order valence-electron chi connectivity index (χ4n) is 3.38. The fraction of sp³-hybridized carbons (Fsp3) is 0.588. The molecule has 0 unspecified atom stereocenters. The van der Waals surface area contributed by atoms with Crippen molar-refractivity contribution in [2.24, 2.45) is 0 Å². The topological polar surface area (TPSA) is 85.3 Å². The molecule has 2 aromatic rings. The lowest BCUT2D eigenvalue weighted by molar-refractivity contribution is 0.0482. The van der Waals surface area contributed by atoms with Crippen molar-refractivity contribution in [2.75, 3.05) is 31.0 Å². The van der Waals surface area contributed by atoms with Gasteiger partial charge in [-0.05, 0) is 27.0 Å². The number of fused-ring (bicyclic) bond motifs is 3. The normalized spacial score (nSPS) is 22.5. The number of nitrogens with zero attached hydrogens (tertiary/aromatic N) is 4. The van der Waals surface area contributed by atoms with Crippen molar-refractivity contribution < 1.29 is 9.47 Å². The summed E-state index contributed by atoms with van der Waals surface area (Å²) in [7, 11) is 0. The molecule has 4 rings (SSSR count). The van der Waals surface area contributed by atoms with Crippen molar-refractivity contribution in [1.82, 2.24) is 19.7 Å². The first-order valence-electron chi connectivity index (χ1n) is 8.65. The molecule has 2 aliphatic heterocycles. The standard InChI is InChI=1S/C17H23N5O3S/c1-10-7-24-8-11-9-25-13-14(17(2,3)26-4)18-16(19-15(13)22(10)11)21-6-5-12(23)20-21/h5-6,10-11H,7-9H2,1-4H3,(H,20,23)/t10-,11+/m1/s1. The summed E-state index contributed by atoms with van der Waals surface area (Å²) in [5, 5.41) is 2.72. The molecule has 4 heterocycles. The highest BCUT2D eigenvalue weighted by molar-refractivity contribution is 7.99. The number of aromatic nitrogens is 4. The summed E-state index contributed by atoms with van der Waals surface area (Å²) < 4.78 is 13.1. The molecule has 2 atom stereocenters. The van der Waals surface area contributed by atoms with Crippen LogP contribution in [0.5, 0.6) is 5.75 Å². The fourth-order valence-corrected chi connectivity index (χ4v) is 3.72. The Labute approximate surface area is 155 Å². The maximum absolute atomic E-state index is 11.6. The minimum absolute atomic E-state index is 0.128. The van der Waals surface area contributed by atoms with Crippen LogP contribution in [-0.4, -0.2) is 57.9 Å². The second-order valence-corrected chi connectivity index (χ2v) is 8.59. The van der Waals surface area contributed by atoms with Crippen LogP contribution in [0.1, 0.15) is 26.5 Å². The molecule has 140 valence electrons. The third kappa shape index (κ3) is 2.79. The van der Waals surface area contributed by atoms with E-state index in [2.05, 4.69) is 37.0 Å². The summed E-state index contributed by atoms with van der Waals surface area (Å²) in [6, 6.07) is 1.77. The van der Waals surface area contributed by atoms with Crippen molar-refractivity contribution in [2.45, 2.75) is 37.6 Å². The molecule has 1 fully saturated rings. The first kappa shape index (κ1) is 17.4. The Hall–Kier alpha value is -2.00.